The van der Waals surface area contributed by atoms with Gasteiger partial charge in [-0.15, -0.1) is 11.6 Å². The number of sulfonamides is 1. The number of halogens is 4. The first-order valence-corrected chi connectivity index (χ1v) is 8.23. The van der Waals surface area contributed by atoms with Crippen LogP contribution < -0.4 is 0 Å². The summed E-state index contributed by atoms with van der Waals surface area (Å²) in [7, 11) is -4.31. The van der Waals surface area contributed by atoms with Crippen molar-refractivity contribution in [2.75, 3.05) is 13.1 Å². The molecule has 21 heavy (non-hydrogen) atoms. The lowest BCUT2D eigenvalue weighted by atomic mass is 10.3. The van der Waals surface area contributed by atoms with Crippen molar-refractivity contribution in [3.05, 3.63) is 17.1 Å². The fraction of sp³-hybridized carbons (Fsp3) is 0.667. The zero-order valence-corrected chi connectivity index (χ0v) is 13.5. The van der Waals surface area contributed by atoms with E-state index in [-0.39, 0.29) is 35.1 Å². The van der Waals surface area contributed by atoms with Crippen molar-refractivity contribution in [1.29, 1.82) is 0 Å². The normalized spacial score (nSPS) is 13.1. The molecule has 1 rings (SSSR count). The Balaban J connectivity index is 3.36. The minimum atomic E-state index is -4.62. The highest BCUT2D eigenvalue weighted by Gasteiger charge is 2.39. The number of aryl methyl sites for hydroxylation is 2. The molecule has 0 amide bonds. The predicted molar refractivity (Wildman–Crippen MR) is 72.8 cm³/mol. The summed E-state index contributed by atoms with van der Waals surface area (Å²) in [5.74, 6) is 0.194. The monoisotopic (exact) mass is 347 g/mol. The number of nitrogens with zero attached hydrogens (tertiary/aromatic N) is 1. The maximum atomic E-state index is 12.6. The van der Waals surface area contributed by atoms with E-state index in [4.69, 9.17) is 16.0 Å². The van der Waals surface area contributed by atoms with Crippen molar-refractivity contribution >= 4 is 21.6 Å². The topological polar surface area (TPSA) is 50.5 Å². The Hall–Kier alpha value is -0.730. The van der Waals surface area contributed by atoms with Gasteiger partial charge in [-0.05, 0) is 20.3 Å². The molecule has 0 saturated carbocycles. The van der Waals surface area contributed by atoms with Crippen LogP contribution in [0.5, 0.6) is 0 Å². The van der Waals surface area contributed by atoms with Crippen molar-refractivity contribution in [3.8, 4) is 0 Å². The van der Waals surface area contributed by atoms with Crippen LogP contribution >= 0.6 is 11.6 Å². The second kappa shape index (κ2) is 6.58. The van der Waals surface area contributed by atoms with Gasteiger partial charge in [0.05, 0.1) is 5.88 Å². The Bertz CT molecular complexity index is 596. The van der Waals surface area contributed by atoms with Crippen LogP contribution in [0.3, 0.4) is 0 Å². The van der Waals surface area contributed by atoms with Crippen molar-refractivity contribution in [1.82, 2.24) is 4.31 Å². The van der Waals surface area contributed by atoms with E-state index in [1.165, 1.54) is 13.8 Å². The second-order valence-electron chi connectivity index (χ2n) is 4.61. The minimum absolute atomic E-state index is 0.0476. The van der Waals surface area contributed by atoms with E-state index in [0.29, 0.717) is 10.1 Å². The number of furan rings is 1. The smallest absolute Gasteiger partial charge is 0.402 e. The van der Waals surface area contributed by atoms with E-state index in [1.54, 1.807) is 6.92 Å². The summed E-state index contributed by atoms with van der Waals surface area (Å²) in [5.41, 5.74) is 0.206. The maximum Gasteiger partial charge on any atom is 0.402 e. The molecule has 0 bridgehead atoms. The summed E-state index contributed by atoms with van der Waals surface area (Å²) < 4.78 is 68.5. The molecular formula is C12H17ClF3NO3S. The third-order valence-electron chi connectivity index (χ3n) is 2.89. The molecule has 0 saturated heterocycles. The van der Waals surface area contributed by atoms with Crippen molar-refractivity contribution < 1.29 is 26.0 Å². The molecule has 0 aliphatic rings. The van der Waals surface area contributed by atoms with Crippen LogP contribution in [-0.2, 0) is 15.9 Å². The van der Waals surface area contributed by atoms with Crippen LogP contribution in [0.1, 0.15) is 30.4 Å². The molecule has 0 fully saturated rings. The third kappa shape index (κ3) is 4.14. The molecule has 1 aromatic heterocycles. The van der Waals surface area contributed by atoms with Gasteiger partial charge in [0, 0.05) is 12.1 Å². The standard InChI is InChI=1S/C12H17ClF3NO3S/c1-4-5-17(7-12(14,15)16)21(18,19)11-9(3)20-8(2)10(11)6-13/h4-7H2,1-3H3. The van der Waals surface area contributed by atoms with E-state index >= 15 is 0 Å². The lowest BCUT2D eigenvalue weighted by Gasteiger charge is -2.23. The van der Waals surface area contributed by atoms with Gasteiger partial charge in [0.15, 0.2) is 0 Å². The Kier molecular flexibility index (Phi) is 5.74. The molecule has 0 aliphatic carbocycles. The van der Waals surface area contributed by atoms with Gasteiger partial charge in [-0.1, -0.05) is 6.92 Å². The summed E-state index contributed by atoms with van der Waals surface area (Å²) in [6, 6.07) is 0. The lowest BCUT2D eigenvalue weighted by molar-refractivity contribution is -0.136. The minimum Gasteiger partial charge on any atom is -0.465 e. The SMILES string of the molecule is CCCN(CC(F)(F)F)S(=O)(=O)c1c(C)oc(C)c1CCl. The summed E-state index contributed by atoms with van der Waals surface area (Å²) in [5, 5.41) is 0. The van der Waals surface area contributed by atoms with Gasteiger partial charge in [0.1, 0.15) is 23.0 Å². The summed E-state index contributed by atoms with van der Waals surface area (Å²) in [6.45, 7) is 2.77. The van der Waals surface area contributed by atoms with E-state index < -0.39 is 22.7 Å². The molecule has 122 valence electrons. The average Bonchev–Trinajstić information content (AvgIpc) is 2.61. The van der Waals surface area contributed by atoms with Gasteiger partial charge in [0.25, 0.3) is 0 Å². The highest BCUT2D eigenvalue weighted by Crippen LogP contribution is 2.32. The van der Waals surface area contributed by atoms with Gasteiger partial charge >= 0.3 is 6.18 Å². The molecule has 0 radical (unpaired) electrons. The molecule has 0 N–H and O–H groups in total. The molecular weight excluding hydrogens is 331 g/mol. The summed E-state index contributed by atoms with van der Waals surface area (Å²) in [6.07, 6.45) is -4.35. The quantitative estimate of drug-likeness (QED) is 0.739. The summed E-state index contributed by atoms with van der Waals surface area (Å²) in [4.78, 5) is -0.257. The number of hydrogen-bond donors (Lipinski definition) is 0. The second-order valence-corrected chi connectivity index (χ2v) is 6.75. The molecule has 0 unspecified atom stereocenters. The number of hydrogen-bond acceptors (Lipinski definition) is 3. The van der Waals surface area contributed by atoms with Crippen molar-refractivity contribution in [2.24, 2.45) is 0 Å². The van der Waals surface area contributed by atoms with Gasteiger partial charge in [-0.2, -0.15) is 17.5 Å². The lowest BCUT2D eigenvalue weighted by Crippen LogP contribution is -2.39. The van der Waals surface area contributed by atoms with Gasteiger partial charge in [-0.25, -0.2) is 8.42 Å². The molecule has 4 nitrogen and oxygen atoms in total. The van der Waals surface area contributed by atoms with E-state index in [2.05, 4.69) is 0 Å². The summed E-state index contributed by atoms with van der Waals surface area (Å²) >= 11 is 5.71. The van der Waals surface area contributed by atoms with Gasteiger partial charge < -0.3 is 4.42 Å². The number of rotatable bonds is 6. The highest BCUT2D eigenvalue weighted by atomic mass is 35.5. The van der Waals surface area contributed by atoms with Crippen LogP contribution in [-0.4, -0.2) is 32.0 Å². The van der Waals surface area contributed by atoms with Crippen LogP contribution in [0.4, 0.5) is 13.2 Å². The Labute approximate surface area is 126 Å². The third-order valence-corrected chi connectivity index (χ3v) is 5.19. The first-order valence-electron chi connectivity index (χ1n) is 6.26. The molecule has 0 aliphatic heterocycles. The van der Waals surface area contributed by atoms with Crippen LogP contribution in [0.25, 0.3) is 0 Å². The van der Waals surface area contributed by atoms with E-state index in [1.807, 2.05) is 0 Å². The van der Waals surface area contributed by atoms with Crippen LogP contribution in [0, 0.1) is 13.8 Å². The molecule has 0 atom stereocenters. The fourth-order valence-corrected chi connectivity index (χ4v) is 4.40. The average molecular weight is 348 g/mol. The highest BCUT2D eigenvalue weighted by molar-refractivity contribution is 7.89. The van der Waals surface area contributed by atoms with Crippen molar-refractivity contribution in [2.45, 2.75) is 44.1 Å². The largest absolute Gasteiger partial charge is 0.465 e. The van der Waals surface area contributed by atoms with E-state index in [0.717, 1.165) is 0 Å². The Morgan fingerprint density at radius 1 is 1.24 bits per heavy atom. The Morgan fingerprint density at radius 2 is 1.81 bits per heavy atom. The fourth-order valence-electron chi connectivity index (χ4n) is 2.06. The first kappa shape index (κ1) is 18.3. The molecule has 0 aromatic carbocycles. The zero-order valence-electron chi connectivity index (χ0n) is 11.9. The molecule has 1 aromatic rings. The predicted octanol–water partition coefficient (Wildman–Crippen LogP) is 3.60. The van der Waals surface area contributed by atoms with Gasteiger partial charge in [0.2, 0.25) is 10.0 Å². The Morgan fingerprint density at radius 3 is 2.24 bits per heavy atom. The van der Waals surface area contributed by atoms with Gasteiger partial charge in [-0.3, -0.25) is 0 Å². The van der Waals surface area contributed by atoms with Crippen LogP contribution in [0.15, 0.2) is 9.31 Å². The van der Waals surface area contributed by atoms with E-state index in [9.17, 15) is 21.6 Å². The molecule has 0 spiro atoms. The molecule has 9 heteroatoms. The van der Waals surface area contributed by atoms with Crippen molar-refractivity contribution in [3.63, 3.8) is 0 Å². The maximum absolute atomic E-state index is 12.6. The number of alkyl halides is 4. The molecule has 1 heterocycles. The first-order chi connectivity index (χ1) is 9.54. The zero-order chi connectivity index (χ0) is 16.4. The van der Waals surface area contributed by atoms with Crippen LogP contribution in [0.2, 0.25) is 0 Å².